The highest BCUT2D eigenvalue weighted by molar-refractivity contribution is 6.04. The third kappa shape index (κ3) is 9.25. The molecule has 0 radical (unpaired) electrons. The maximum atomic E-state index is 13.1. The van der Waals surface area contributed by atoms with Gasteiger partial charge >= 0.3 is 0 Å². The molecule has 3 saturated carbocycles. The van der Waals surface area contributed by atoms with Gasteiger partial charge in [0.25, 0.3) is 11.8 Å². The summed E-state index contributed by atoms with van der Waals surface area (Å²) in [6, 6.07) is 29.8. The third-order valence-electron chi connectivity index (χ3n) is 11.2. The molecule has 0 aliphatic heterocycles. The lowest BCUT2D eigenvalue weighted by Crippen LogP contribution is -2.24. The molecule has 0 bridgehead atoms. The van der Waals surface area contributed by atoms with Crippen LogP contribution in [0, 0.1) is 5.95 Å². The van der Waals surface area contributed by atoms with Crippen molar-refractivity contribution in [1.82, 2.24) is 49.5 Å². The van der Waals surface area contributed by atoms with E-state index >= 15 is 0 Å². The standard InChI is InChI=1S/C26H24N6O2.C22H17FN6O/c33-26(30-20-4-1-3-18(13-20)25-31-29-16-32(25)21-8-9-21)23-14-17(11-12-27-23)19-7-10-24(28-15-19)34-22-5-2-6-22;23-20-7-4-16(12-25-20)14-8-9-24-19(11-14)22(30)27-17-3-1-2-15(10-17)21-28-26-13-29(21)18-5-6-18/h1,3-4,7,10-16,21-22H,2,5-6,8-9H2,(H,30,33);1-4,7-13,18H,5-6H2,(H,27,30). The van der Waals surface area contributed by atoms with Crippen molar-refractivity contribution in [2.75, 3.05) is 10.6 Å². The average molecular weight is 853 g/mol. The minimum Gasteiger partial charge on any atom is -0.474 e. The molecule has 6 heterocycles. The minimum absolute atomic E-state index is 0.253. The molecule has 64 heavy (non-hydrogen) atoms. The van der Waals surface area contributed by atoms with Gasteiger partial charge in [-0.1, -0.05) is 24.3 Å². The molecule has 3 fully saturated rings. The summed E-state index contributed by atoms with van der Waals surface area (Å²) in [5.41, 5.74) is 6.91. The first kappa shape index (κ1) is 40.1. The lowest BCUT2D eigenvalue weighted by Gasteiger charge is -2.25. The quantitative estimate of drug-likeness (QED) is 0.112. The van der Waals surface area contributed by atoms with Crippen LogP contribution >= 0.6 is 0 Å². The number of pyridine rings is 4. The van der Waals surface area contributed by atoms with Gasteiger partial charge in [-0.3, -0.25) is 19.6 Å². The van der Waals surface area contributed by atoms with E-state index in [2.05, 4.69) is 60.1 Å². The predicted molar refractivity (Wildman–Crippen MR) is 237 cm³/mol. The van der Waals surface area contributed by atoms with Gasteiger partial charge in [-0.2, -0.15) is 4.39 Å². The normalized spacial score (nSPS) is 14.5. The number of hydrogen-bond donors (Lipinski definition) is 2. The van der Waals surface area contributed by atoms with Crippen LogP contribution in [0.2, 0.25) is 0 Å². The van der Waals surface area contributed by atoms with Crippen LogP contribution < -0.4 is 15.4 Å². The Labute approximate surface area is 366 Å². The second-order valence-electron chi connectivity index (χ2n) is 15.9. The summed E-state index contributed by atoms with van der Waals surface area (Å²) in [7, 11) is 0. The number of halogens is 1. The number of hydrogen-bond acceptors (Lipinski definition) is 11. The topological polar surface area (TPSA) is 180 Å². The fourth-order valence-corrected chi connectivity index (χ4v) is 7.30. The summed E-state index contributed by atoms with van der Waals surface area (Å²) in [6.07, 6.45) is 18.1. The lowest BCUT2D eigenvalue weighted by atomic mass is 9.96. The number of aromatic nitrogens is 10. The van der Waals surface area contributed by atoms with Crippen molar-refractivity contribution < 1.29 is 18.7 Å². The number of benzene rings is 2. The predicted octanol–water partition coefficient (Wildman–Crippen LogP) is 9.05. The SMILES string of the molecule is O=C(Nc1cccc(-c2nncn2C2CC2)c1)c1cc(-c2ccc(F)nc2)ccn1.O=C(Nc1cccc(-c2nncn2C2CC2)c1)c1cc(-c2ccc(OC3CCC3)nc2)ccn1. The average Bonchev–Trinajstić information content (AvgIpc) is 4.25. The summed E-state index contributed by atoms with van der Waals surface area (Å²) in [6.45, 7) is 0. The third-order valence-corrected chi connectivity index (χ3v) is 11.2. The van der Waals surface area contributed by atoms with Gasteiger partial charge in [-0.05, 0) is 123 Å². The Hall–Kier alpha value is -8.01. The molecule has 318 valence electrons. The van der Waals surface area contributed by atoms with Crippen molar-refractivity contribution >= 4 is 23.2 Å². The van der Waals surface area contributed by atoms with E-state index < -0.39 is 5.95 Å². The molecule has 2 aromatic carbocycles. The van der Waals surface area contributed by atoms with Crippen LogP contribution in [-0.4, -0.2) is 67.4 Å². The van der Waals surface area contributed by atoms with Gasteiger partial charge in [-0.15, -0.1) is 20.4 Å². The molecule has 6 aromatic heterocycles. The van der Waals surface area contributed by atoms with Gasteiger partial charge in [0.15, 0.2) is 11.6 Å². The fraction of sp³-hybridized carbons (Fsp3) is 0.208. The van der Waals surface area contributed by atoms with Crippen LogP contribution in [0.3, 0.4) is 0 Å². The number of amides is 2. The van der Waals surface area contributed by atoms with Crippen LogP contribution in [0.5, 0.6) is 5.88 Å². The monoisotopic (exact) mass is 852 g/mol. The number of nitrogens with zero attached hydrogens (tertiary/aromatic N) is 10. The van der Waals surface area contributed by atoms with E-state index in [4.69, 9.17) is 4.74 Å². The van der Waals surface area contributed by atoms with E-state index in [1.165, 1.54) is 18.7 Å². The zero-order chi connectivity index (χ0) is 43.4. The molecule has 0 unspecified atom stereocenters. The molecule has 8 aromatic rings. The molecule has 11 rings (SSSR count). The highest BCUT2D eigenvalue weighted by atomic mass is 19.1. The number of rotatable bonds is 12. The van der Waals surface area contributed by atoms with E-state index in [1.807, 2.05) is 66.7 Å². The Kier molecular flexibility index (Phi) is 11.1. The number of ether oxygens (including phenoxy) is 1. The Bertz CT molecular complexity index is 2940. The van der Waals surface area contributed by atoms with Gasteiger partial charge in [0.05, 0.1) is 0 Å². The summed E-state index contributed by atoms with van der Waals surface area (Å²) in [5, 5.41) is 22.4. The molecular formula is C48H41FN12O3. The molecule has 3 aliphatic carbocycles. The smallest absolute Gasteiger partial charge is 0.274 e. The molecular weight excluding hydrogens is 812 g/mol. The molecule has 0 saturated heterocycles. The van der Waals surface area contributed by atoms with Crippen molar-refractivity contribution in [2.45, 2.75) is 63.1 Å². The Morgan fingerprint density at radius 2 is 1.09 bits per heavy atom. The van der Waals surface area contributed by atoms with Crippen LogP contribution in [0.4, 0.5) is 15.8 Å². The first-order chi connectivity index (χ1) is 31.4. The molecule has 2 amide bonds. The van der Waals surface area contributed by atoms with E-state index in [9.17, 15) is 14.0 Å². The van der Waals surface area contributed by atoms with E-state index in [0.29, 0.717) is 40.6 Å². The van der Waals surface area contributed by atoms with Crippen LogP contribution in [0.1, 0.15) is 78.0 Å². The Morgan fingerprint density at radius 3 is 1.55 bits per heavy atom. The second kappa shape index (κ2) is 17.8. The van der Waals surface area contributed by atoms with E-state index in [1.54, 1.807) is 55.5 Å². The van der Waals surface area contributed by atoms with Gasteiger partial charge in [-0.25, -0.2) is 9.97 Å². The summed E-state index contributed by atoms with van der Waals surface area (Å²) in [5.74, 6) is 1.07. The molecule has 16 heteroatoms. The largest absolute Gasteiger partial charge is 0.474 e. The van der Waals surface area contributed by atoms with Crippen LogP contribution in [0.15, 0.2) is 135 Å². The van der Waals surface area contributed by atoms with E-state index in [-0.39, 0.29) is 23.6 Å². The van der Waals surface area contributed by atoms with Gasteiger partial charge < -0.3 is 24.5 Å². The van der Waals surface area contributed by atoms with Crippen LogP contribution in [0.25, 0.3) is 45.0 Å². The van der Waals surface area contributed by atoms with Crippen LogP contribution in [-0.2, 0) is 0 Å². The molecule has 3 aliphatic rings. The van der Waals surface area contributed by atoms with Gasteiger partial charge in [0, 0.05) is 76.6 Å². The minimum atomic E-state index is -0.553. The van der Waals surface area contributed by atoms with Crippen molar-refractivity contribution in [1.29, 1.82) is 0 Å². The highest BCUT2D eigenvalue weighted by Crippen LogP contribution is 2.39. The van der Waals surface area contributed by atoms with Crippen molar-refractivity contribution in [3.8, 4) is 50.9 Å². The maximum Gasteiger partial charge on any atom is 0.274 e. The summed E-state index contributed by atoms with van der Waals surface area (Å²) in [4.78, 5) is 42.2. The second-order valence-corrected chi connectivity index (χ2v) is 15.9. The Morgan fingerprint density at radius 1 is 0.562 bits per heavy atom. The summed E-state index contributed by atoms with van der Waals surface area (Å²) < 4.78 is 23.1. The van der Waals surface area contributed by atoms with E-state index in [0.717, 1.165) is 78.0 Å². The first-order valence-electron chi connectivity index (χ1n) is 21.2. The highest BCUT2D eigenvalue weighted by Gasteiger charge is 2.28. The maximum absolute atomic E-state index is 13.1. The summed E-state index contributed by atoms with van der Waals surface area (Å²) >= 11 is 0. The van der Waals surface area contributed by atoms with Gasteiger partial charge in [0.2, 0.25) is 11.8 Å². The van der Waals surface area contributed by atoms with Gasteiger partial charge in [0.1, 0.15) is 30.1 Å². The Balaban J connectivity index is 0.000000153. The molecule has 15 nitrogen and oxygen atoms in total. The van der Waals surface area contributed by atoms with Crippen molar-refractivity contribution in [3.05, 3.63) is 152 Å². The number of anilines is 2. The van der Waals surface area contributed by atoms with Crippen molar-refractivity contribution in [3.63, 3.8) is 0 Å². The molecule has 0 spiro atoms. The fourth-order valence-electron chi connectivity index (χ4n) is 7.30. The lowest BCUT2D eigenvalue weighted by molar-refractivity contribution is 0.101. The zero-order valence-electron chi connectivity index (χ0n) is 34.5. The number of carbonyl (C=O) groups is 2. The van der Waals surface area contributed by atoms with Crippen molar-refractivity contribution in [2.24, 2.45) is 0 Å². The zero-order valence-corrected chi connectivity index (χ0v) is 34.5. The molecule has 2 N–H and O–H groups in total. The number of nitrogens with one attached hydrogen (secondary N) is 2. The number of carbonyl (C=O) groups excluding carboxylic acids is 2. The first-order valence-corrected chi connectivity index (χ1v) is 21.2. The molecule has 0 atom stereocenters.